The van der Waals surface area contributed by atoms with Crippen LogP contribution >= 0.6 is 23.4 Å². The molecule has 0 fully saturated rings. The van der Waals surface area contributed by atoms with E-state index in [0.29, 0.717) is 5.75 Å². The number of benzene rings is 1. The van der Waals surface area contributed by atoms with Crippen LogP contribution in [-0.2, 0) is 10.0 Å². The van der Waals surface area contributed by atoms with Crippen LogP contribution in [0.2, 0.25) is 5.02 Å². The first-order valence-corrected chi connectivity index (χ1v) is 8.15. The third kappa shape index (κ3) is 3.88. The number of carboxylic acids is 1. The SMILES string of the molecule is CSCCNS(=O)(=O)c1ccc(Cl)c(C(=O)O)c1. The second-order valence-corrected chi connectivity index (χ2v) is 6.50. The first kappa shape index (κ1) is 15.3. The van der Waals surface area contributed by atoms with Crippen LogP contribution in [0.4, 0.5) is 0 Å². The van der Waals surface area contributed by atoms with Gasteiger partial charge < -0.3 is 5.11 Å². The number of carbonyl (C=O) groups is 1. The van der Waals surface area contributed by atoms with Crippen molar-refractivity contribution in [3.63, 3.8) is 0 Å². The van der Waals surface area contributed by atoms with Gasteiger partial charge in [0.25, 0.3) is 0 Å². The third-order valence-corrected chi connectivity index (χ3v) is 4.48. The highest BCUT2D eigenvalue weighted by Crippen LogP contribution is 2.20. The number of hydrogen-bond acceptors (Lipinski definition) is 4. The first-order valence-electron chi connectivity index (χ1n) is 4.90. The number of sulfonamides is 1. The van der Waals surface area contributed by atoms with E-state index in [0.717, 1.165) is 6.07 Å². The van der Waals surface area contributed by atoms with Gasteiger partial charge in [0.1, 0.15) is 0 Å². The van der Waals surface area contributed by atoms with Gasteiger partial charge in [0, 0.05) is 12.3 Å². The summed E-state index contributed by atoms with van der Waals surface area (Å²) in [6.45, 7) is 0.286. The van der Waals surface area contributed by atoms with E-state index in [1.54, 1.807) is 0 Å². The summed E-state index contributed by atoms with van der Waals surface area (Å²) in [6, 6.07) is 3.58. The average Bonchev–Trinajstić information content (AvgIpc) is 2.29. The topological polar surface area (TPSA) is 83.5 Å². The molecule has 2 N–H and O–H groups in total. The van der Waals surface area contributed by atoms with Crippen LogP contribution < -0.4 is 4.72 Å². The second-order valence-electron chi connectivity index (χ2n) is 3.34. The van der Waals surface area contributed by atoms with E-state index in [2.05, 4.69) is 4.72 Å². The average molecular weight is 310 g/mol. The molecular weight excluding hydrogens is 298 g/mol. The van der Waals surface area contributed by atoms with Crippen LogP contribution in [0.25, 0.3) is 0 Å². The van der Waals surface area contributed by atoms with E-state index in [1.807, 2.05) is 6.26 Å². The lowest BCUT2D eigenvalue weighted by Crippen LogP contribution is -2.26. The molecule has 0 saturated heterocycles. The van der Waals surface area contributed by atoms with Gasteiger partial charge in [-0.1, -0.05) is 11.6 Å². The molecule has 0 heterocycles. The predicted octanol–water partition coefficient (Wildman–Crippen LogP) is 1.68. The molecule has 0 aromatic heterocycles. The Morgan fingerprint density at radius 2 is 2.17 bits per heavy atom. The lowest BCUT2D eigenvalue weighted by molar-refractivity contribution is 0.0697. The van der Waals surface area contributed by atoms with Gasteiger partial charge in [0.05, 0.1) is 15.5 Å². The lowest BCUT2D eigenvalue weighted by Gasteiger charge is -2.07. The molecule has 0 amide bonds. The molecule has 0 atom stereocenters. The maximum Gasteiger partial charge on any atom is 0.337 e. The number of nitrogens with one attached hydrogen (secondary N) is 1. The molecule has 0 spiro atoms. The van der Waals surface area contributed by atoms with Crippen molar-refractivity contribution in [2.75, 3.05) is 18.6 Å². The minimum Gasteiger partial charge on any atom is -0.478 e. The minimum atomic E-state index is -3.69. The molecule has 18 heavy (non-hydrogen) atoms. The summed E-state index contributed by atoms with van der Waals surface area (Å²) in [7, 11) is -3.69. The fraction of sp³-hybridized carbons (Fsp3) is 0.300. The maximum atomic E-state index is 11.8. The highest BCUT2D eigenvalue weighted by molar-refractivity contribution is 7.98. The Morgan fingerprint density at radius 3 is 2.72 bits per heavy atom. The van der Waals surface area contributed by atoms with Crippen molar-refractivity contribution in [3.8, 4) is 0 Å². The van der Waals surface area contributed by atoms with E-state index in [1.165, 1.54) is 23.9 Å². The highest BCUT2D eigenvalue weighted by Gasteiger charge is 2.17. The fourth-order valence-corrected chi connectivity index (χ4v) is 2.89. The molecule has 0 aliphatic rings. The van der Waals surface area contributed by atoms with E-state index < -0.39 is 16.0 Å². The normalized spacial score (nSPS) is 11.4. The quantitative estimate of drug-likeness (QED) is 0.781. The van der Waals surface area contributed by atoms with Crippen LogP contribution in [0.3, 0.4) is 0 Å². The Bertz CT molecular complexity index is 545. The fourth-order valence-electron chi connectivity index (χ4n) is 1.20. The molecular formula is C10H12ClNO4S2. The second kappa shape index (κ2) is 6.42. The van der Waals surface area contributed by atoms with Crippen molar-refractivity contribution >= 4 is 39.4 Å². The molecule has 0 aliphatic heterocycles. The Morgan fingerprint density at radius 1 is 1.50 bits per heavy atom. The molecule has 1 aromatic carbocycles. The van der Waals surface area contributed by atoms with Crippen molar-refractivity contribution in [1.82, 2.24) is 4.72 Å². The molecule has 8 heteroatoms. The van der Waals surface area contributed by atoms with Gasteiger partial charge in [0.2, 0.25) is 10.0 Å². The van der Waals surface area contributed by atoms with Crippen molar-refractivity contribution in [3.05, 3.63) is 28.8 Å². The molecule has 1 aromatic rings. The van der Waals surface area contributed by atoms with E-state index in [4.69, 9.17) is 16.7 Å². The highest BCUT2D eigenvalue weighted by atomic mass is 35.5. The standard InChI is InChI=1S/C10H12ClNO4S2/c1-17-5-4-12-18(15,16)7-2-3-9(11)8(6-7)10(13)14/h2-3,6,12H,4-5H2,1H3,(H,13,14). The summed E-state index contributed by atoms with van der Waals surface area (Å²) in [5.74, 6) is -0.625. The molecule has 100 valence electrons. The zero-order chi connectivity index (χ0) is 13.8. The van der Waals surface area contributed by atoms with Crippen molar-refractivity contribution in [2.24, 2.45) is 0 Å². The summed E-state index contributed by atoms with van der Waals surface area (Å²) in [5, 5.41) is 8.87. The van der Waals surface area contributed by atoms with Gasteiger partial charge in [-0.3, -0.25) is 0 Å². The van der Waals surface area contributed by atoms with Gasteiger partial charge in [0.15, 0.2) is 0 Å². The van der Waals surface area contributed by atoms with Gasteiger partial charge in [-0.05, 0) is 24.5 Å². The Labute approximate surface area is 115 Å². The Balaban J connectivity index is 3.02. The van der Waals surface area contributed by atoms with Gasteiger partial charge >= 0.3 is 5.97 Å². The van der Waals surface area contributed by atoms with Crippen LogP contribution in [0.1, 0.15) is 10.4 Å². The van der Waals surface area contributed by atoms with E-state index in [9.17, 15) is 13.2 Å². The van der Waals surface area contributed by atoms with Crippen molar-refractivity contribution in [2.45, 2.75) is 4.90 Å². The van der Waals surface area contributed by atoms with Gasteiger partial charge in [-0.2, -0.15) is 11.8 Å². The summed E-state index contributed by atoms with van der Waals surface area (Å²) in [5.41, 5.74) is -0.232. The smallest absolute Gasteiger partial charge is 0.337 e. The number of carboxylic acid groups (broad SMARTS) is 1. The van der Waals surface area contributed by atoms with Crippen molar-refractivity contribution in [1.29, 1.82) is 0 Å². The van der Waals surface area contributed by atoms with E-state index in [-0.39, 0.29) is 22.0 Å². The summed E-state index contributed by atoms with van der Waals surface area (Å²) >= 11 is 7.17. The monoisotopic (exact) mass is 309 g/mol. The van der Waals surface area contributed by atoms with Gasteiger partial charge in [-0.15, -0.1) is 0 Å². The summed E-state index contributed by atoms with van der Waals surface area (Å²) < 4.78 is 26.1. The van der Waals surface area contributed by atoms with Crippen LogP contribution in [0, 0.1) is 0 Å². The molecule has 0 bridgehead atoms. The van der Waals surface area contributed by atoms with Crippen molar-refractivity contribution < 1.29 is 18.3 Å². The molecule has 5 nitrogen and oxygen atoms in total. The molecule has 0 unspecified atom stereocenters. The number of thioether (sulfide) groups is 1. The van der Waals surface area contributed by atoms with Crippen LogP contribution in [0.15, 0.2) is 23.1 Å². The number of hydrogen-bond donors (Lipinski definition) is 2. The predicted molar refractivity (Wildman–Crippen MR) is 72.0 cm³/mol. The number of aromatic carboxylic acids is 1. The molecule has 0 saturated carbocycles. The third-order valence-electron chi connectivity index (χ3n) is 2.08. The summed E-state index contributed by atoms with van der Waals surface area (Å²) in [4.78, 5) is 10.8. The maximum absolute atomic E-state index is 11.8. The molecule has 0 aliphatic carbocycles. The molecule has 1 rings (SSSR count). The zero-order valence-electron chi connectivity index (χ0n) is 9.51. The Kier molecular flexibility index (Phi) is 5.46. The lowest BCUT2D eigenvalue weighted by atomic mass is 10.2. The number of halogens is 1. The molecule has 0 radical (unpaired) electrons. The minimum absolute atomic E-state index is 0.00515. The summed E-state index contributed by atoms with van der Waals surface area (Å²) in [6.07, 6.45) is 1.86. The first-order chi connectivity index (χ1) is 8.38. The zero-order valence-corrected chi connectivity index (χ0v) is 11.9. The Hall–Kier alpha value is -0.760. The largest absolute Gasteiger partial charge is 0.478 e. The number of rotatable bonds is 6. The van der Waals surface area contributed by atoms with Crippen LogP contribution in [0.5, 0.6) is 0 Å². The van der Waals surface area contributed by atoms with Gasteiger partial charge in [-0.25, -0.2) is 17.9 Å². The van der Waals surface area contributed by atoms with E-state index >= 15 is 0 Å². The van der Waals surface area contributed by atoms with Crippen LogP contribution in [-0.4, -0.2) is 38.0 Å².